The predicted octanol–water partition coefficient (Wildman–Crippen LogP) is 3.19. The number of halogens is 1. The Bertz CT molecular complexity index is 363. The first kappa shape index (κ1) is 11.7. The fourth-order valence-corrected chi connectivity index (χ4v) is 2.50. The zero-order valence-electron chi connectivity index (χ0n) is 9.58. The standard InChI is InChI=1S/C13H18ClNO/c1-16-13-5-4-10(14)8-12(13)11(6-7-15)9-2-3-9/h4-5,8-9,11H,2-3,6-7,15H2,1H3. The highest BCUT2D eigenvalue weighted by atomic mass is 35.5. The summed E-state index contributed by atoms with van der Waals surface area (Å²) in [6, 6.07) is 5.85. The Morgan fingerprint density at radius 3 is 2.81 bits per heavy atom. The first-order chi connectivity index (χ1) is 7.76. The second kappa shape index (κ2) is 5.07. The van der Waals surface area contributed by atoms with Crippen molar-refractivity contribution in [1.82, 2.24) is 0 Å². The summed E-state index contributed by atoms with van der Waals surface area (Å²) in [5.41, 5.74) is 6.91. The van der Waals surface area contributed by atoms with Crippen LogP contribution in [0.4, 0.5) is 0 Å². The molecule has 0 amide bonds. The van der Waals surface area contributed by atoms with Gasteiger partial charge in [0, 0.05) is 5.02 Å². The van der Waals surface area contributed by atoms with Crippen molar-refractivity contribution >= 4 is 11.6 Å². The summed E-state index contributed by atoms with van der Waals surface area (Å²) < 4.78 is 5.41. The van der Waals surface area contributed by atoms with Crippen LogP contribution in [0.5, 0.6) is 5.75 Å². The van der Waals surface area contributed by atoms with Crippen LogP contribution in [0.1, 0.15) is 30.7 Å². The molecule has 3 heteroatoms. The average Bonchev–Trinajstić information content (AvgIpc) is 3.10. The van der Waals surface area contributed by atoms with E-state index in [0.29, 0.717) is 5.92 Å². The summed E-state index contributed by atoms with van der Waals surface area (Å²) in [6.45, 7) is 0.719. The summed E-state index contributed by atoms with van der Waals surface area (Å²) in [4.78, 5) is 0. The van der Waals surface area contributed by atoms with Crippen molar-refractivity contribution in [1.29, 1.82) is 0 Å². The van der Waals surface area contributed by atoms with Crippen LogP contribution in [0.25, 0.3) is 0 Å². The maximum absolute atomic E-state index is 6.06. The van der Waals surface area contributed by atoms with E-state index in [0.717, 1.165) is 29.7 Å². The summed E-state index contributed by atoms with van der Waals surface area (Å²) in [7, 11) is 1.71. The molecule has 1 aromatic rings. The molecule has 1 aliphatic rings. The van der Waals surface area contributed by atoms with Gasteiger partial charge < -0.3 is 10.5 Å². The number of hydrogen-bond acceptors (Lipinski definition) is 2. The molecule has 88 valence electrons. The Morgan fingerprint density at radius 2 is 2.25 bits per heavy atom. The van der Waals surface area contributed by atoms with Crippen LogP contribution in [-0.4, -0.2) is 13.7 Å². The van der Waals surface area contributed by atoms with Gasteiger partial charge in [-0.3, -0.25) is 0 Å². The molecular formula is C13H18ClNO. The van der Waals surface area contributed by atoms with Crippen LogP contribution in [-0.2, 0) is 0 Å². The average molecular weight is 240 g/mol. The number of hydrogen-bond donors (Lipinski definition) is 1. The van der Waals surface area contributed by atoms with Gasteiger partial charge >= 0.3 is 0 Å². The molecule has 0 radical (unpaired) electrons. The van der Waals surface area contributed by atoms with Crippen molar-refractivity contribution in [3.05, 3.63) is 28.8 Å². The summed E-state index contributed by atoms with van der Waals surface area (Å²) in [5.74, 6) is 2.23. The molecule has 0 bridgehead atoms. The van der Waals surface area contributed by atoms with E-state index in [1.807, 2.05) is 18.2 Å². The largest absolute Gasteiger partial charge is 0.496 e. The first-order valence-corrected chi connectivity index (χ1v) is 6.17. The highest BCUT2D eigenvalue weighted by molar-refractivity contribution is 6.30. The Kier molecular flexibility index (Phi) is 3.72. The first-order valence-electron chi connectivity index (χ1n) is 5.79. The number of ether oxygens (including phenoxy) is 1. The van der Waals surface area contributed by atoms with Gasteiger partial charge in [0.15, 0.2) is 0 Å². The highest BCUT2D eigenvalue weighted by Gasteiger charge is 2.33. The lowest BCUT2D eigenvalue weighted by Gasteiger charge is -2.19. The maximum Gasteiger partial charge on any atom is 0.122 e. The third-order valence-corrected chi connectivity index (χ3v) is 3.50. The minimum absolute atomic E-state index is 0.513. The minimum atomic E-state index is 0.513. The van der Waals surface area contributed by atoms with Gasteiger partial charge in [0.1, 0.15) is 5.75 Å². The maximum atomic E-state index is 6.06. The Morgan fingerprint density at radius 1 is 1.50 bits per heavy atom. The van der Waals surface area contributed by atoms with Crippen LogP contribution in [0.15, 0.2) is 18.2 Å². The summed E-state index contributed by atoms with van der Waals surface area (Å²) in [5, 5.41) is 0.776. The van der Waals surface area contributed by atoms with E-state index in [-0.39, 0.29) is 0 Å². The second-order valence-electron chi connectivity index (χ2n) is 4.41. The highest BCUT2D eigenvalue weighted by Crippen LogP contribution is 2.47. The monoisotopic (exact) mass is 239 g/mol. The molecule has 2 rings (SSSR count). The van der Waals surface area contributed by atoms with Gasteiger partial charge in [-0.1, -0.05) is 11.6 Å². The van der Waals surface area contributed by atoms with Crippen molar-refractivity contribution in [2.24, 2.45) is 11.7 Å². The Labute approximate surface area is 102 Å². The van der Waals surface area contributed by atoms with E-state index in [1.165, 1.54) is 18.4 Å². The van der Waals surface area contributed by atoms with E-state index in [4.69, 9.17) is 22.1 Å². The van der Waals surface area contributed by atoms with Gasteiger partial charge in [-0.25, -0.2) is 0 Å². The number of nitrogens with two attached hydrogens (primary N) is 1. The molecule has 1 saturated carbocycles. The van der Waals surface area contributed by atoms with E-state index >= 15 is 0 Å². The zero-order chi connectivity index (χ0) is 11.5. The molecule has 1 aliphatic carbocycles. The summed E-state index contributed by atoms with van der Waals surface area (Å²) in [6.07, 6.45) is 3.63. The third kappa shape index (κ3) is 2.50. The van der Waals surface area contributed by atoms with E-state index in [9.17, 15) is 0 Å². The molecule has 16 heavy (non-hydrogen) atoms. The van der Waals surface area contributed by atoms with Crippen LogP contribution in [0.3, 0.4) is 0 Å². The van der Waals surface area contributed by atoms with Gasteiger partial charge in [-0.05, 0) is 61.4 Å². The van der Waals surface area contributed by atoms with Crippen molar-refractivity contribution < 1.29 is 4.74 Å². The number of methoxy groups -OCH3 is 1. The zero-order valence-corrected chi connectivity index (χ0v) is 10.3. The van der Waals surface area contributed by atoms with Crippen molar-refractivity contribution in [2.75, 3.05) is 13.7 Å². The lowest BCUT2D eigenvalue weighted by Crippen LogP contribution is -2.10. The van der Waals surface area contributed by atoms with Crippen molar-refractivity contribution in [3.63, 3.8) is 0 Å². The van der Waals surface area contributed by atoms with Gasteiger partial charge in [0.2, 0.25) is 0 Å². The summed E-state index contributed by atoms with van der Waals surface area (Å²) >= 11 is 6.06. The lowest BCUT2D eigenvalue weighted by atomic mass is 9.90. The minimum Gasteiger partial charge on any atom is -0.496 e. The smallest absolute Gasteiger partial charge is 0.122 e. The molecule has 0 heterocycles. The Hall–Kier alpha value is -0.730. The van der Waals surface area contributed by atoms with Gasteiger partial charge in [0.05, 0.1) is 7.11 Å². The molecule has 0 saturated heterocycles. The SMILES string of the molecule is COc1ccc(Cl)cc1C(CCN)C1CC1. The molecule has 1 atom stereocenters. The Balaban J connectivity index is 2.30. The number of rotatable bonds is 5. The molecule has 1 aromatic carbocycles. The van der Waals surface area contributed by atoms with Crippen molar-refractivity contribution in [3.8, 4) is 5.75 Å². The molecule has 2 N–H and O–H groups in total. The van der Waals surface area contributed by atoms with E-state index < -0.39 is 0 Å². The lowest BCUT2D eigenvalue weighted by molar-refractivity contribution is 0.400. The quantitative estimate of drug-likeness (QED) is 0.857. The predicted molar refractivity (Wildman–Crippen MR) is 67.1 cm³/mol. The molecule has 2 nitrogen and oxygen atoms in total. The van der Waals surface area contributed by atoms with Crippen LogP contribution in [0.2, 0.25) is 5.02 Å². The van der Waals surface area contributed by atoms with E-state index in [1.54, 1.807) is 7.11 Å². The fraction of sp³-hybridized carbons (Fsp3) is 0.538. The molecule has 1 fully saturated rings. The van der Waals surface area contributed by atoms with E-state index in [2.05, 4.69) is 0 Å². The van der Waals surface area contributed by atoms with Crippen LogP contribution < -0.4 is 10.5 Å². The fourth-order valence-electron chi connectivity index (χ4n) is 2.32. The van der Waals surface area contributed by atoms with Crippen LogP contribution >= 0.6 is 11.6 Å². The second-order valence-corrected chi connectivity index (χ2v) is 4.84. The normalized spacial score (nSPS) is 17.2. The van der Waals surface area contributed by atoms with Gasteiger partial charge in [0.25, 0.3) is 0 Å². The third-order valence-electron chi connectivity index (χ3n) is 3.26. The molecular weight excluding hydrogens is 222 g/mol. The molecule has 1 unspecified atom stereocenters. The van der Waals surface area contributed by atoms with Gasteiger partial charge in [-0.15, -0.1) is 0 Å². The van der Waals surface area contributed by atoms with Gasteiger partial charge in [-0.2, -0.15) is 0 Å². The number of benzene rings is 1. The van der Waals surface area contributed by atoms with Crippen molar-refractivity contribution in [2.45, 2.75) is 25.2 Å². The van der Waals surface area contributed by atoms with Crippen LogP contribution in [0, 0.1) is 5.92 Å². The topological polar surface area (TPSA) is 35.2 Å². The molecule has 0 aromatic heterocycles. The molecule has 0 aliphatic heterocycles. The molecule has 0 spiro atoms.